The number of amides is 1. The fraction of sp³-hybridized carbons (Fsp3) is 0.444. The zero-order valence-corrected chi connectivity index (χ0v) is 13.6. The van der Waals surface area contributed by atoms with Crippen molar-refractivity contribution < 1.29 is 9.53 Å². The summed E-state index contributed by atoms with van der Waals surface area (Å²) in [7, 11) is 1.98. The maximum absolute atomic E-state index is 12.7. The molecule has 2 heterocycles. The van der Waals surface area contributed by atoms with Crippen LogP contribution >= 0.6 is 0 Å². The van der Waals surface area contributed by atoms with Crippen molar-refractivity contribution in [2.24, 2.45) is 7.05 Å². The largest absolute Gasteiger partial charge is 0.493 e. The Hall–Kier alpha value is -2.30. The lowest BCUT2D eigenvalue weighted by Gasteiger charge is -2.24. The molecule has 2 aromatic rings. The number of nitrogens with one attached hydrogen (secondary N) is 1. The molecule has 1 N–H and O–H groups in total. The minimum absolute atomic E-state index is 0.0131. The number of rotatable bonds is 2. The predicted molar refractivity (Wildman–Crippen MR) is 86.7 cm³/mol. The monoisotopic (exact) mass is 311 g/mol. The lowest BCUT2D eigenvalue weighted by Crippen LogP contribution is -2.31. The first-order valence-electron chi connectivity index (χ1n) is 8.22. The standard InChI is InChI=1S/C18H21N3O2/c1-11-17-14(4-3-5-15(17)21(2)20-11)19-18(22)13-6-7-16-12(10-13)8-9-23-16/h6-7,10,14H,3-5,8-9H2,1-2H3,(H,19,22). The van der Waals surface area contributed by atoms with Gasteiger partial charge in [0.25, 0.3) is 5.91 Å². The fourth-order valence-corrected chi connectivity index (χ4v) is 3.80. The molecule has 120 valence electrons. The first-order valence-corrected chi connectivity index (χ1v) is 8.22. The molecule has 1 aromatic carbocycles. The van der Waals surface area contributed by atoms with E-state index < -0.39 is 0 Å². The van der Waals surface area contributed by atoms with E-state index >= 15 is 0 Å². The second kappa shape index (κ2) is 5.41. The first-order chi connectivity index (χ1) is 11.1. The van der Waals surface area contributed by atoms with Crippen LogP contribution in [0.2, 0.25) is 0 Å². The van der Waals surface area contributed by atoms with Crippen LogP contribution in [0.25, 0.3) is 0 Å². The average Bonchev–Trinajstić information content (AvgIpc) is 3.12. The van der Waals surface area contributed by atoms with Crippen molar-refractivity contribution in [1.82, 2.24) is 15.1 Å². The summed E-state index contributed by atoms with van der Waals surface area (Å²) in [5.74, 6) is 0.894. The number of benzene rings is 1. The summed E-state index contributed by atoms with van der Waals surface area (Å²) in [6.45, 7) is 2.73. The molecule has 1 unspecified atom stereocenters. The van der Waals surface area contributed by atoms with Crippen LogP contribution in [-0.4, -0.2) is 22.3 Å². The normalized spacial score (nSPS) is 19.0. The zero-order chi connectivity index (χ0) is 16.0. The predicted octanol–water partition coefficient (Wildman–Crippen LogP) is 2.47. The molecule has 4 rings (SSSR count). The van der Waals surface area contributed by atoms with Crippen molar-refractivity contribution in [2.75, 3.05) is 6.61 Å². The van der Waals surface area contributed by atoms with Crippen molar-refractivity contribution in [2.45, 2.75) is 38.6 Å². The van der Waals surface area contributed by atoms with Crippen LogP contribution in [0, 0.1) is 6.92 Å². The highest BCUT2D eigenvalue weighted by Crippen LogP contribution is 2.32. The summed E-state index contributed by atoms with van der Waals surface area (Å²) >= 11 is 0. The van der Waals surface area contributed by atoms with Crippen LogP contribution in [0.15, 0.2) is 18.2 Å². The summed E-state index contributed by atoms with van der Waals surface area (Å²) < 4.78 is 7.46. The van der Waals surface area contributed by atoms with Gasteiger partial charge in [-0.1, -0.05) is 0 Å². The fourth-order valence-electron chi connectivity index (χ4n) is 3.80. The Kier molecular flexibility index (Phi) is 3.36. The van der Waals surface area contributed by atoms with Gasteiger partial charge >= 0.3 is 0 Å². The second-order valence-electron chi connectivity index (χ2n) is 6.41. The van der Waals surface area contributed by atoms with E-state index in [1.165, 1.54) is 11.3 Å². The third-order valence-electron chi connectivity index (χ3n) is 4.90. The molecule has 0 saturated carbocycles. The summed E-state index contributed by atoms with van der Waals surface area (Å²) in [6, 6.07) is 5.76. The van der Waals surface area contributed by atoms with Crippen molar-refractivity contribution in [1.29, 1.82) is 0 Å². The molecule has 1 amide bonds. The van der Waals surface area contributed by atoms with E-state index in [2.05, 4.69) is 10.4 Å². The number of carbonyl (C=O) groups is 1. The number of hydrogen-bond donors (Lipinski definition) is 1. The maximum atomic E-state index is 12.7. The van der Waals surface area contributed by atoms with Gasteiger partial charge < -0.3 is 10.1 Å². The molecule has 0 spiro atoms. The zero-order valence-electron chi connectivity index (χ0n) is 13.6. The molecular formula is C18H21N3O2. The van der Waals surface area contributed by atoms with Gasteiger partial charge in [-0.3, -0.25) is 9.48 Å². The van der Waals surface area contributed by atoms with Crippen LogP contribution in [-0.2, 0) is 19.9 Å². The Morgan fingerprint density at radius 3 is 3.13 bits per heavy atom. The molecule has 1 atom stereocenters. The Balaban J connectivity index is 1.58. The number of hydrogen-bond acceptors (Lipinski definition) is 3. The molecule has 0 fully saturated rings. The molecule has 0 saturated heterocycles. The Bertz CT molecular complexity index is 779. The number of aromatic nitrogens is 2. The Labute approximate surface area is 135 Å². The van der Waals surface area contributed by atoms with E-state index in [-0.39, 0.29) is 11.9 Å². The summed E-state index contributed by atoms with van der Waals surface area (Å²) in [5.41, 5.74) is 5.32. The third kappa shape index (κ3) is 2.40. The van der Waals surface area contributed by atoms with Gasteiger partial charge in [-0.25, -0.2) is 0 Å². The molecule has 1 aliphatic carbocycles. The lowest BCUT2D eigenvalue weighted by atomic mass is 9.90. The van der Waals surface area contributed by atoms with Crippen LogP contribution in [0.5, 0.6) is 5.75 Å². The summed E-state index contributed by atoms with van der Waals surface area (Å²) in [5, 5.41) is 7.72. The molecular weight excluding hydrogens is 290 g/mol. The third-order valence-corrected chi connectivity index (χ3v) is 4.90. The van der Waals surface area contributed by atoms with Crippen molar-refractivity contribution in [3.63, 3.8) is 0 Å². The maximum Gasteiger partial charge on any atom is 0.251 e. The van der Waals surface area contributed by atoms with E-state index in [1.54, 1.807) is 0 Å². The minimum Gasteiger partial charge on any atom is -0.493 e. The number of nitrogens with zero attached hydrogens (tertiary/aromatic N) is 2. The minimum atomic E-state index is -0.0131. The highest BCUT2D eigenvalue weighted by atomic mass is 16.5. The first kappa shape index (κ1) is 14.3. The van der Waals surface area contributed by atoms with Crippen LogP contribution < -0.4 is 10.1 Å². The van der Waals surface area contributed by atoms with E-state index in [1.807, 2.05) is 36.9 Å². The molecule has 1 aromatic heterocycles. The molecule has 0 radical (unpaired) electrons. The van der Waals surface area contributed by atoms with Crippen LogP contribution in [0.4, 0.5) is 0 Å². The molecule has 0 bridgehead atoms. The number of fused-ring (bicyclic) bond motifs is 2. The average molecular weight is 311 g/mol. The van der Waals surface area contributed by atoms with Gasteiger partial charge in [0.15, 0.2) is 0 Å². The van der Waals surface area contributed by atoms with Gasteiger partial charge in [-0.2, -0.15) is 5.10 Å². The van der Waals surface area contributed by atoms with E-state index in [0.717, 1.165) is 42.7 Å². The topological polar surface area (TPSA) is 56.2 Å². The van der Waals surface area contributed by atoms with Crippen LogP contribution in [0.1, 0.15) is 51.8 Å². The van der Waals surface area contributed by atoms with E-state index in [4.69, 9.17) is 4.74 Å². The quantitative estimate of drug-likeness (QED) is 0.927. The van der Waals surface area contributed by atoms with E-state index in [0.29, 0.717) is 12.2 Å². The second-order valence-corrected chi connectivity index (χ2v) is 6.41. The van der Waals surface area contributed by atoms with Gasteiger partial charge in [0, 0.05) is 30.3 Å². The highest BCUT2D eigenvalue weighted by Gasteiger charge is 2.27. The number of aryl methyl sites for hydroxylation is 2. The molecule has 5 nitrogen and oxygen atoms in total. The van der Waals surface area contributed by atoms with Crippen LogP contribution in [0.3, 0.4) is 0 Å². The smallest absolute Gasteiger partial charge is 0.251 e. The van der Waals surface area contributed by atoms with Gasteiger partial charge in [0.2, 0.25) is 0 Å². The SMILES string of the molecule is Cc1nn(C)c2c1C(NC(=O)c1ccc3c(c1)CCO3)CCC2. The van der Waals surface area contributed by atoms with Gasteiger partial charge in [0.05, 0.1) is 18.3 Å². The number of ether oxygens (including phenoxy) is 1. The molecule has 23 heavy (non-hydrogen) atoms. The van der Waals surface area contributed by atoms with Crippen molar-refractivity contribution in [3.05, 3.63) is 46.3 Å². The molecule has 5 heteroatoms. The molecule has 1 aliphatic heterocycles. The molecule has 2 aliphatic rings. The number of carbonyl (C=O) groups excluding carboxylic acids is 1. The van der Waals surface area contributed by atoms with E-state index in [9.17, 15) is 4.79 Å². The lowest BCUT2D eigenvalue weighted by molar-refractivity contribution is 0.0932. The Morgan fingerprint density at radius 2 is 2.26 bits per heavy atom. The van der Waals surface area contributed by atoms with Gasteiger partial charge in [-0.05, 0) is 49.9 Å². The highest BCUT2D eigenvalue weighted by molar-refractivity contribution is 5.95. The Morgan fingerprint density at radius 1 is 1.39 bits per heavy atom. The van der Waals surface area contributed by atoms with Crippen molar-refractivity contribution >= 4 is 5.91 Å². The summed E-state index contributed by atoms with van der Waals surface area (Å²) in [6.07, 6.45) is 3.97. The van der Waals surface area contributed by atoms with Gasteiger partial charge in [-0.15, -0.1) is 0 Å². The van der Waals surface area contributed by atoms with Gasteiger partial charge in [0.1, 0.15) is 5.75 Å². The summed E-state index contributed by atoms with van der Waals surface area (Å²) in [4.78, 5) is 12.7. The van der Waals surface area contributed by atoms with Crippen molar-refractivity contribution in [3.8, 4) is 5.75 Å².